The van der Waals surface area contributed by atoms with Crippen molar-refractivity contribution in [3.63, 3.8) is 0 Å². The number of nitrogens with zero attached hydrogens (tertiary/aromatic N) is 2. The fourth-order valence-corrected chi connectivity index (χ4v) is 4.38. The number of fused-ring (bicyclic) bond motifs is 1. The van der Waals surface area contributed by atoms with Crippen molar-refractivity contribution in [3.05, 3.63) is 0 Å². The summed E-state index contributed by atoms with van der Waals surface area (Å²) in [6.45, 7) is 0.587. The lowest BCUT2D eigenvalue weighted by atomic mass is 9.98. The van der Waals surface area contributed by atoms with E-state index < -0.39 is 12.2 Å². The number of hydrogen-bond donors (Lipinski definition) is 3. The van der Waals surface area contributed by atoms with E-state index in [-0.39, 0.29) is 17.6 Å². The fourth-order valence-electron chi connectivity index (χ4n) is 3.22. The summed E-state index contributed by atoms with van der Waals surface area (Å²) in [5.41, 5.74) is -0.198. The van der Waals surface area contributed by atoms with Crippen LogP contribution in [0.5, 0.6) is 0 Å². The summed E-state index contributed by atoms with van der Waals surface area (Å²) in [4.78, 5) is 6.38. The summed E-state index contributed by atoms with van der Waals surface area (Å²) in [6, 6.07) is 0.158. The number of hydrogen-bond acceptors (Lipinski definition) is 7. The van der Waals surface area contributed by atoms with Gasteiger partial charge in [0.15, 0.2) is 5.17 Å². The second kappa shape index (κ2) is 6.42. The predicted molar refractivity (Wildman–Crippen MR) is 83.4 cm³/mol. The molecule has 2 aliphatic heterocycles. The van der Waals surface area contributed by atoms with Crippen LogP contribution in [0, 0.1) is 0 Å². The standard InChI is InChI=1S/C14H25N3O3S/c1-17(2)14-16-10-12(19)11(18)9(20-13(10)21-14)7-15-8-5-3-4-6-8/h8-13,15,18-19H,3-7H2,1-2H3. The summed E-state index contributed by atoms with van der Waals surface area (Å²) in [5.74, 6) is 0. The molecule has 0 amide bonds. The Balaban J connectivity index is 1.59. The smallest absolute Gasteiger partial charge is 0.161 e. The minimum absolute atomic E-state index is 0.198. The molecule has 0 aromatic carbocycles. The summed E-state index contributed by atoms with van der Waals surface area (Å²) in [5, 5.41) is 24.9. The third kappa shape index (κ3) is 3.22. The van der Waals surface area contributed by atoms with Crippen LogP contribution < -0.4 is 5.32 Å². The van der Waals surface area contributed by atoms with Gasteiger partial charge < -0.3 is 25.2 Å². The zero-order chi connectivity index (χ0) is 15.0. The predicted octanol–water partition coefficient (Wildman–Crippen LogP) is -0.00170. The number of rotatable bonds is 3. The SMILES string of the molecule is CN(C)C1=NC2C(OC(CNC3CCCC3)C(O)C2O)S1. The topological polar surface area (TPSA) is 77.3 Å². The van der Waals surface area contributed by atoms with Crippen LogP contribution in [0.15, 0.2) is 4.99 Å². The van der Waals surface area contributed by atoms with Crippen LogP contribution in [0.25, 0.3) is 0 Å². The van der Waals surface area contributed by atoms with E-state index in [1.165, 1.54) is 37.4 Å². The minimum Gasteiger partial charge on any atom is -0.388 e. The monoisotopic (exact) mass is 315 g/mol. The third-order valence-corrected chi connectivity index (χ3v) is 5.80. The average molecular weight is 315 g/mol. The zero-order valence-electron chi connectivity index (χ0n) is 12.6. The van der Waals surface area contributed by atoms with E-state index in [4.69, 9.17) is 4.74 Å². The van der Waals surface area contributed by atoms with E-state index in [1.807, 2.05) is 19.0 Å². The van der Waals surface area contributed by atoms with Gasteiger partial charge >= 0.3 is 0 Å². The molecule has 7 heteroatoms. The second-order valence-corrected chi connectivity index (χ2v) is 7.39. The normalized spacial score (nSPS) is 40.2. The highest BCUT2D eigenvalue weighted by atomic mass is 32.2. The Morgan fingerprint density at radius 1 is 1.29 bits per heavy atom. The van der Waals surface area contributed by atoms with Crippen molar-refractivity contribution in [2.24, 2.45) is 4.99 Å². The van der Waals surface area contributed by atoms with Crippen molar-refractivity contribution < 1.29 is 14.9 Å². The molecule has 5 unspecified atom stereocenters. The molecular formula is C14H25N3O3S. The van der Waals surface area contributed by atoms with Crippen LogP contribution in [0.2, 0.25) is 0 Å². The Morgan fingerprint density at radius 3 is 2.67 bits per heavy atom. The second-order valence-electron chi connectivity index (χ2n) is 6.33. The molecule has 2 heterocycles. The van der Waals surface area contributed by atoms with Crippen LogP contribution in [0.3, 0.4) is 0 Å². The lowest BCUT2D eigenvalue weighted by molar-refractivity contribution is -0.151. The maximum absolute atomic E-state index is 10.3. The number of aliphatic imine (C=N–C) groups is 1. The molecule has 3 rings (SSSR count). The first-order chi connectivity index (χ1) is 10.1. The molecule has 1 saturated carbocycles. The molecular weight excluding hydrogens is 290 g/mol. The quantitative estimate of drug-likeness (QED) is 0.680. The zero-order valence-corrected chi connectivity index (χ0v) is 13.4. The molecule has 21 heavy (non-hydrogen) atoms. The summed E-state index contributed by atoms with van der Waals surface area (Å²) >= 11 is 1.53. The number of nitrogens with one attached hydrogen (secondary N) is 1. The third-order valence-electron chi connectivity index (χ3n) is 4.50. The first-order valence-electron chi connectivity index (χ1n) is 7.73. The Labute approximate surface area is 129 Å². The van der Waals surface area contributed by atoms with Crippen molar-refractivity contribution in [2.45, 2.75) is 61.5 Å². The van der Waals surface area contributed by atoms with Crippen molar-refractivity contribution in [1.29, 1.82) is 0 Å². The number of aliphatic hydroxyl groups is 2. The van der Waals surface area contributed by atoms with Gasteiger partial charge in [-0.15, -0.1) is 0 Å². The van der Waals surface area contributed by atoms with Gasteiger partial charge in [-0.05, 0) is 12.8 Å². The molecule has 2 fully saturated rings. The van der Waals surface area contributed by atoms with Crippen LogP contribution in [-0.2, 0) is 4.74 Å². The number of ether oxygens (including phenoxy) is 1. The highest BCUT2D eigenvalue weighted by Crippen LogP contribution is 2.36. The van der Waals surface area contributed by atoms with Gasteiger partial charge in [0.2, 0.25) is 0 Å². The van der Waals surface area contributed by atoms with E-state index in [0.29, 0.717) is 12.6 Å². The van der Waals surface area contributed by atoms with E-state index in [2.05, 4.69) is 10.3 Å². The van der Waals surface area contributed by atoms with Crippen LogP contribution in [0.4, 0.5) is 0 Å². The van der Waals surface area contributed by atoms with Crippen LogP contribution in [0.1, 0.15) is 25.7 Å². The lowest BCUT2D eigenvalue weighted by Gasteiger charge is -2.38. The van der Waals surface area contributed by atoms with Crippen LogP contribution >= 0.6 is 11.8 Å². The van der Waals surface area contributed by atoms with Gasteiger partial charge in [-0.25, -0.2) is 0 Å². The molecule has 5 atom stereocenters. The first kappa shape index (κ1) is 15.6. The molecule has 1 saturated heterocycles. The molecule has 120 valence electrons. The highest BCUT2D eigenvalue weighted by Gasteiger charge is 2.48. The van der Waals surface area contributed by atoms with Crippen molar-refractivity contribution in [3.8, 4) is 0 Å². The maximum Gasteiger partial charge on any atom is 0.161 e. The van der Waals surface area contributed by atoms with Gasteiger partial charge in [-0.2, -0.15) is 0 Å². The molecule has 6 nitrogen and oxygen atoms in total. The molecule has 0 aromatic rings. The Bertz CT molecular complexity index is 401. The van der Waals surface area contributed by atoms with E-state index >= 15 is 0 Å². The van der Waals surface area contributed by atoms with E-state index in [0.717, 1.165) is 5.17 Å². The number of aliphatic hydroxyl groups excluding tert-OH is 2. The van der Waals surface area contributed by atoms with Gasteiger partial charge in [0.05, 0.1) is 0 Å². The molecule has 0 radical (unpaired) electrons. The van der Waals surface area contributed by atoms with Crippen molar-refractivity contribution in [1.82, 2.24) is 10.2 Å². The minimum atomic E-state index is -0.883. The fraction of sp³-hybridized carbons (Fsp3) is 0.929. The van der Waals surface area contributed by atoms with Crippen molar-refractivity contribution in [2.75, 3.05) is 20.6 Å². The molecule has 0 bridgehead atoms. The van der Waals surface area contributed by atoms with Crippen LogP contribution in [-0.4, -0.2) is 76.8 Å². The summed E-state index contributed by atoms with van der Waals surface area (Å²) < 4.78 is 5.98. The Morgan fingerprint density at radius 2 is 2.00 bits per heavy atom. The number of thioether (sulfide) groups is 1. The van der Waals surface area contributed by atoms with Gasteiger partial charge in [0.1, 0.15) is 29.8 Å². The molecule has 1 aliphatic carbocycles. The molecule has 3 N–H and O–H groups in total. The largest absolute Gasteiger partial charge is 0.388 e. The number of amidine groups is 1. The lowest BCUT2D eigenvalue weighted by Crippen LogP contribution is -2.57. The first-order valence-corrected chi connectivity index (χ1v) is 8.61. The van der Waals surface area contributed by atoms with E-state index in [1.54, 1.807) is 0 Å². The molecule has 0 spiro atoms. The van der Waals surface area contributed by atoms with E-state index in [9.17, 15) is 10.2 Å². The van der Waals surface area contributed by atoms with Gasteiger partial charge in [0, 0.05) is 26.7 Å². The Hall–Kier alpha value is -0.340. The summed E-state index contributed by atoms with van der Waals surface area (Å²) in [7, 11) is 3.84. The van der Waals surface area contributed by atoms with Gasteiger partial charge in [-0.3, -0.25) is 4.99 Å². The molecule has 3 aliphatic rings. The highest BCUT2D eigenvalue weighted by molar-refractivity contribution is 8.14. The average Bonchev–Trinajstić information content (AvgIpc) is 3.10. The molecule has 0 aromatic heterocycles. The Kier molecular flexibility index (Phi) is 4.75. The van der Waals surface area contributed by atoms with Gasteiger partial charge in [0.25, 0.3) is 0 Å². The van der Waals surface area contributed by atoms with Gasteiger partial charge in [-0.1, -0.05) is 24.6 Å². The summed E-state index contributed by atoms with van der Waals surface area (Å²) in [6.07, 6.45) is 2.82. The maximum atomic E-state index is 10.3. The van der Waals surface area contributed by atoms with Crippen molar-refractivity contribution >= 4 is 16.9 Å².